The van der Waals surface area contributed by atoms with Gasteiger partial charge in [0.25, 0.3) is 0 Å². The molecule has 3 nitrogen and oxygen atoms in total. The Hall–Kier alpha value is -1.13. The summed E-state index contributed by atoms with van der Waals surface area (Å²) < 4.78 is 13.5. The molecule has 0 aliphatic rings. The first-order valence-electron chi connectivity index (χ1n) is 7.93. The van der Waals surface area contributed by atoms with Crippen LogP contribution in [0.15, 0.2) is 18.2 Å². The fourth-order valence-corrected chi connectivity index (χ4v) is 2.32. The molecule has 0 atom stereocenters. The molecule has 0 aromatic heterocycles. The lowest BCUT2D eigenvalue weighted by Gasteiger charge is -2.26. The van der Waals surface area contributed by atoms with Crippen molar-refractivity contribution in [1.82, 2.24) is 5.32 Å². The Morgan fingerprint density at radius 3 is 2.67 bits per heavy atom. The van der Waals surface area contributed by atoms with Crippen LogP contribution in [0.1, 0.15) is 39.2 Å². The van der Waals surface area contributed by atoms with Crippen LogP contribution in [0.5, 0.6) is 0 Å². The maximum absolute atomic E-state index is 13.5. The standard InChI is InChI=1S/C17H29FN2O/c1-4-5-8-20(9-10-21)17-7-6-16(18)11-15(17)13-19-12-14(2)3/h6-7,11,14,19,21H,4-5,8-10,12-13H2,1-3H3. The number of hydrogen-bond donors (Lipinski definition) is 2. The summed E-state index contributed by atoms with van der Waals surface area (Å²) >= 11 is 0. The summed E-state index contributed by atoms with van der Waals surface area (Å²) in [4.78, 5) is 2.15. The first-order valence-corrected chi connectivity index (χ1v) is 7.93. The van der Waals surface area contributed by atoms with Crippen molar-refractivity contribution < 1.29 is 9.50 Å². The number of nitrogens with one attached hydrogen (secondary N) is 1. The molecule has 4 heteroatoms. The van der Waals surface area contributed by atoms with Crippen LogP contribution < -0.4 is 10.2 Å². The van der Waals surface area contributed by atoms with Crippen molar-refractivity contribution in [3.8, 4) is 0 Å². The number of aliphatic hydroxyl groups excluding tert-OH is 1. The summed E-state index contributed by atoms with van der Waals surface area (Å²) in [6.45, 7) is 9.59. The van der Waals surface area contributed by atoms with E-state index in [0.717, 1.165) is 37.2 Å². The van der Waals surface area contributed by atoms with E-state index in [4.69, 9.17) is 0 Å². The molecule has 21 heavy (non-hydrogen) atoms. The number of unbranched alkanes of at least 4 members (excludes halogenated alkanes) is 1. The number of hydrogen-bond acceptors (Lipinski definition) is 3. The van der Waals surface area contributed by atoms with Crippen molar-refractivity contribution in [2.24, 2.45) is 5.92 Å². The topological polar surface area (TPSA) is 35.5 Å². The molecule has 0 spiro atoms. The Bertz CT molecular complexity index is 410. The predicted molar refractivity (Wildman–Crippen MR) is 87.2 cm³/mol. The summed E-state index contributed by atoms with van der Waals surface area (Å²) in [6.07, 6.45) is 2.17. The van der Waals surface area contributed by atoms with Gasteiger partial charge >= 0.3 is 0 Å². The Morgan fingerprint density at radius 1 is 1.29 bits per heavy atom. The Kier molecular flexibility index (Phi) is 8.31. The SMILES string of the molecule is CCCCN(CCO)c1ccc(F)cc1CNCC(C)C. The van der Waals surface area contributed by atoms with Gasteiger partial charge in [-0.25, -0.2) is 4.39 Å². The molecule has 0 radical (unpaired) electrons. The van der Waals surface area contributed by atoms with Crippen LogP contribution in [-0.2, 0) is 6.54 Å². The fraction of sp³-hybridized carbons (Fsp3) is 0.647. The van der Waals surface area contributed by atoms with E-state index in [1.165, 1.54) is 6.07 Å². The monoisotopic (exact) mass is 296 g/mol. The molecule has 0 saturated carbocycles. The number of nitrogens with zero attached hydrogens (tertiary/aromatic N) is 1. The highest BCUT2D eigenvalue weighted by molar-refractivity contribution is 5.54. The summed E-state index contributed by atoms with van der Waals surface area (Å²) in [5.74, 6) is 0.357. The molecule has 1 rings (SSSR count). The number of rotatable bonds is 10. The van der Waals surface area contributed by atoms with Gasteiger partial charge in [-0.3, -0.25) is 0 Å². The van der Waals surface area contributed by atoms with Gasteiger partial charge in [-0.15, -0.1) is 0 Å². The highest BCUT2D eigenvalue weighted by Gasteiger charge is 2.11. The Balaban J connectivity index is 2.85. The van der Waals surface area contributed by atoms with Gasteiger partial charge in [0.2, 0.25) is 0 Å². The summed E-state index contributed by atoms with van der Waals surface area (Å²) in [7, 11) is 0. The van der Waals surface area contributed by atoms with Crippen LogP contribution in [0.2, 0.25) is 0 Å². The molecule has 0 fully saturated rings. The third kappa shape index (κ3) is 6.44. The van der Waals surface area contributed by atoms with Crippen molar-refractivity contribution in [3.05, 3.63) is 29.6 Å². The Labute approximate surface area is 128 Å². The third-order valence-corrected chi connectivity index (χ3v) is 3.40. The smallest absolute Gasteiger partial charge is 0.123 e. The van der Waals surface area contributed by atoms with Gasteiger partial charge in [-0.05, 0) is 42.6 Å². The fourth-order valence-electron chi connectivity index (χ4n) is 2.32. The summed E-state index contributed by atoms with van der Waals surface area (Å²) in [5.41, 5.74) is 1.98. The zero-order valence-electron chi connectivity index (χ0n) is 13.5. The summed E-state index contributed by atoms with van der Waals surface area (Å²) in [6, 6.07) is 4.92. The zero-order chi connectivity index (χ0) is 15.7. The molecule has 0 aliphatic heterocycles. The van der Waals surface area contributed by atoms with Gasteiger partial charge in [0.1, 0.15) is 5.82 Å². The van der Waals surface area contributed by atoms with E-state index in [1.807, 2.05) is 6.07 Å². The quantitative estimate of drug-likeness (QED) is 0.696. The van der Waals surface area contributed by atoms with E-state index in [9.17, 15) is 9.50 Å². The van der Waals surface area contributed by atoms with Crippen LogP contribution in [0.3, 0.4) is 0 Å². The largest absolute Gasteiger partial charge is 0.395 e. The highest BCUT2D eigenvalue weighted by atomic mass is 19.1. The van der Waals surface area contributed by atoms with Crippen LogP contribution in [-0.4, -0.2) is 31.3 Å². The van der Waals surface area contributed by atoms with E-state index in [0.29, 0.717) is 19.0 Å². The zero-order valence-corrected chi connectivity index (χ0v) is 13.5. The van der Waals surface area contributed by atoms with E-state index < -0.39 is 0 Å². The average molecular weight is 296 g/mol. The van der Waals surface area contributed by atoms with Crippen LogP contribution in [0.4, 0.5) is 10.1 Å². The molecule has 2 N–H and O–H groups in total. The molecule has 0 saturated heterocycles. The predicted octanol–water partition coefficient (Wildman–Crippen LogP) is 3.17. The normalized spacial score (nSPS) is 11.1. The van der Waals surface area contributed by atoms with E-state index in [-0.39, 0.29) is 12.4 Å². The van der Waals surface area contributed by atoms with Crippen LogP contribution >= 0.6 is 0 Å². The van der Waals surface area contributed by atoms with Crippen molar-refractivity contribution in [2.75, 3.05) is 31.1 Å². The van der Waals surface area contributed by atoms with Gasteiger partial charge in [0.05, 0.1) is 6.61 Å². The summed E-state index contributed by atoms with van der Waals surface area (Å²) in [5, 5.41) is 12.6. The Morgan fingerprint density at radius 2 is 2.05 bits per heavy atom. The molecule has 0 unspecified atom stereocenters. The van der Waals surface area contributed by atoms with Gasteiger partial charge in [-0.1, -0.05) is 27.2 Å². The molecule has 1 aromatic rings. The van der Waals surface area contributed by atoms with Crippen molar-refractivity contribution >= 4 is 5.69 Å². The van der Waals surface area contributed by atoms with E-state index in [2.05, 4.69) is 31.0 Å². The van der Waals surface area contributed by atoms with Crippen LogP contribution in [0, 0.1) is 11.7 Å². The average Bonchev–Trinajstić information content (AvgIpc) is 2.43. The highest BCUT2D eigenvalue weighted by Crippen LogP contribution is 2.22. The number of aliphatic hydroxyl groups is 1. The second-order valence-corrected chi connectivity index (χ2v) is 5.86. The van der Waals surface area contributed by atoms with E-state index >= 15 is 0 Å². The second kappa shape index (κ2) is 9.74. The lowest BCUT2D eigenvalue weighted by atomic mass is 10.1. The number of benzene rings is 1. The molecule has 0 bridgehead atoms. The van der Waals surface area contributed by atoms with Gasteiger partial charge in [-0.2, -0.15) is 0 Å². The second-order valence-electron chi connectivity index (χ2n) is 5.86. The molecular formula is C17H29FN2O. The minimum atomic E-state index is -0.209. The van der Waals surface area contributed by atoms with Crippen molar-refractivity contribution in [1.29, 1.82) is 0 Å². The van der Waals surface area contributed by atoms with Crippen molar-refractivity contribution in [3.63, 3.8) is 0 Å². The lowest BCUT2D eigenvalue weighted by Crippen LogP contribution is -2.30. The minimum Gasteiger partial charge on any atom is -0.395 e. The number of halogens is 1. The molecule has 0 heterocycles. The minimum absolute atomic E-state index is 0.111. The molecule has 1 aromatic carbocycles. The molecule has 120 valence electrons. The first-order chi connectivity index (χ1) is 10.1. The van der Waals surface area contributed by atoms with Gasteiger partial charge in [0, 0.05) is 25.3 Å². The van der Waals surface area contributed by atoms with Gasteiger partial charge < -0.3 is 15.3 Å². The van der Waals surface area contributed by atoms with Crippen LogP contribution in [0.25, 0.3) is 0 Å². The molecule has 0 amide bonds. The maximum atomic E-state index is 13.5. The van der Waals surface area contributed by atoms with E-state index in [1.54, 1.807) is 6.07 Å². The molecular weight excluding hydrogens is 267 g/mol. The van der Waals surface area contributed by atoms with Crippen molar-refractivity contribution in [2.45, 2.75) is 40.2 Å². The van der Waals surface area contributed by atoms with Gasteiger partial charge in [0.15, 0.2) is 0 Å². The lowest BCUT2D eigenvalue weighted by molar-refractivity contribution is 0.301. The number of anilines is 1. The third-order valence-electron chi connectivity index (χ3n) is 3.40. The molecule has 0 aliphatic carbocycles. The first kappa shape index (κ1) is 17.9. The maximum Gasteiger partial charge on any atom is 0.123 e.